The molecular formula is C13H10Cl2N2O4. The SMILES string of the molecule is O=C(C1=C(Cl)CCC/C1=N\O)c1cc(Cl)ccc1[N+](=O)[O-]. The minimum Gasteiger partial charge on any atom is -0.411 e. The van der Waals surface area contributed by atoms with Crippen LogP contribution in [-0.2, 0) is 0 Å². The summed E-state index contributed by atoms with van der Waals surface area (Å²) in [5.41, 5.74) is -0.408. The van der Waals surface area contributed by atoms with E-state index in [1.54, 1.807) is 0 Å². The van der Waals surface area contributed by atoms with E-state index in [1.165, 1.54) is 12.1 Å². The van der Waals surface area contributed by atoms with Crippen molar-refractivity contribution in [3.05, 3.63) is 49.5 Å². The highest BCUT2D eigenvalue weighted by atomic mass is 35.5. The summed E-state index contributed by atoms with van der Waals surface area (Å²) in [5, 5.41) is 23.5. The number of rotatable bonds is 3. The standard InChI is InChI=1S/C13H10Cl2N2O4/c14-7-4-5-11(17(20)21)8(6-7)13(18)12-9(15)2-1-3-10(12)16-19/h4-6,19H,1-3H2/b16-10+. The number of oxime groups is 1. The van der Waals surface area contributed by atoms with Crippen LogP contribution in [0.25, 0.3) is 0 Å². The molecule has 1 aliphatic rings. The van der Waals surface area contributed by atoms with Gasteiger partial charge in [-0.05, 0) is 31.4 Å². The fourth-order valence-electron chi connectivity index (χ4n) is 2.16. The number of benzene rings is 1. The van der Waals surface area contributed by atoms with Crippen LogP contribution in [0.4, 0.5) is 5.69 Å². The first kappa shape index (κ1) is 15.5. The fraction of sp³-hybridized carbons (Fsp3) is 0.231. The van der Waals surface area contributed by atoms with Crippen LogP contribution < -0.4 is 0 Å². The lowest BCUT2D eigenvalue weighted by atomic mass is 9.90. The molecule has 0 bridgehead atoms. The van der Waals surface area contributed by atoms with Crippen molar-refractivity contribution >= 4 is 40.4 Å². The molecule has 1 aliphatic carbocycles. The highest BCUT2D eigenvalue weighted by Crippen LogP contribution is 2.32. The lowest BCUT2D eigenvalue weighted by Crippen LogP contribution is -2.19. The molecule has 6 nitrogen and oxygen atoms in total. The van der Waals surface area contributed by atoms with E-state index in [-0.39, 0.29) is 32.6 Å². The predicted octanol–water partition coefficient (Wildman–Crippen LogP) is 3.94. The van der Waals surface area contributed by atoms with Crippen LogP contribution in [0.3, 0.4) is 0 Å². The number of carbonyl (C=O) groups excluding carboxylic acids is 1. The number of hydrogen-bond acceptors (Lipinski definition) is 5. The van der Waals surface area contributed by atoms with Crippen molar-refractivity contribution in [3.63, 3.8) is 0 Å². The van der Waals surface area contributed by atoms with E-state index in [1.807, 2.05) is 0 Å². The van der Waals surface area contributed by atoms with Gasteiger partial charge in [0, 0.05) is 16.1 Å². The van der Waals surface area contributed by atoms with Crippen LogP contribution in [-0.4, -0.2) is 21.6 Å². The average Bonchev–Trinajstić information content (AvgIpc) is 2.45. The summed E-state index contributed by atoms with van der Waals surface area (Å²) in [7, 11) is 0. The summed E-state index contributed by atoms with van der Waals surface area (Å²) in [6.45, 7) is 0. The van der Waals surface area contributed by atoms with Crippen LogP contribution in [0.5, 0.6) is 0 Å². The third-order valence-corrected chi connectivity index (χ3v) is 3.73. The Morgan fingerprint density at radius 3 is 2.67 bits per heavy atom. The summed E-state index contributed by atoms with van der Waals surface area (Å²) in [4.78, 5) is 22.9. The molecule has 0 spiro atoms. The molecule has 8 heteroatoms. The van der Waals surface area contributed by atoms with Crippen molar-refractivity contribution in [2.45, 2.75) is 19.3 Å². The van der Waals surface area contributed by atoms with Crippen molar-refractivity contribution in [1.82, 2.24) is 0 Å². The first-order valence-electron chi connectivity index (χ1n) is 6.04. The minimum absolute atomic E-state index is 0.00998. The molecule has 0 saturated heterocycles. The van der Waals surface area contributed by atoms with Gasteiger partial charge in [0.1, 0.15) is 5.56 Å². The van der Waals surface area contributed by atoms with Crippen LogP contribution in [0.15, 0.2) is 34.0 Å². The van der Waals surface area contributed by atoms with Crippen molar-refractivity contribution < 1.29 is 14.9 Å². The van der Waals surface area contributed by atoms with Crippen molar-refractivity contribution in [2.24, 2.45) is 5.16 Å². The molecule has 1 aromatic rings. The molecule has 0 saturated carbocycles. The quantitative estimate of drug-likeness (QED) is 0.393. The number of allylic oxidation sites excluding steroid dienone is 2. The second-order valence-corrected chi connectivity index (χ2v) is 5.32. The smallest absolute Gasteiger partial charge is 0.280 e. The Bertz CT molecular complexity index is 683. The van der Waals surface area contributed by atoms with Gasteiger partial charge in [0.15, 0.2) is 0 Å². The molecule has 110 valence electrons. The Labute approximate surface area is 129 Å². The monoisotopic (exact) mass is 328 g/mol. The summed E-state index contributed by atoms with van der Waals surface area (Å²) in [6, 6.07) is 3.69. The minimum atomic E-state index is -0.670. The third-order valence-electron chi connectivity index (χ3n) is 3.12. The van der Waals surface area contributed by atoms with Crippen molar-refractivity contribution in [3.8, 4) is 0 Å². The first-order valence-corrected chi connectivity index (χ1v) is 6.80. The van der Waals surface area contributed by atoms with E-state index in [2.05, 4.69) is 5.16 Å². The Kier molecular flexibility index (Phi) is 4.59. The largest absolute Gasteiger partial charge is 0.411 e. The molecule has 0 atom stereocenters. The maximum absolute atomic E-state index is 12.6. The zero-order valence-corrected chi connectivity index (χ0v) is 12.2. The van der Waals surface area contributed by atoms with E-state index < -0.39 is 10.7 Å². The van der Waals surface area contributed by atoms with Gasteiger partial charge in [-0.25, -0.2) is 0 Å². The number of carbonyl (C=O) groups is 1. The number of nitro benzene ring substituents is 1. The summed E-state index contributed by atoms with van der Waals surface area (Å²) >= 11 is 11.8. The lowest BCUT2D eigenvalue weighted by molar-refractivity contribution is -0.385. The first-order chi connectivity index (χ1) is 9.95. The molecule has 0 aliphatic heterocycles. The molecule has 0 unspecified atom stereocenters. The molecule has 21 heavy (non-hydrogen) atoms. The topological polar surface area (TPSA) is 92.8 Å². The fourth-order valence-corrected chi connectivity index (χ4v) is 2.66. The second-order valence-electron chi connectivity index (χ2n) is 4.43. The summed E-state index contributed by atoms with van der Waals surface area (Å²) in [5.74, 6) is -0.665. The van der Waals surface area contributed by atoms with E-state index in [0.717, 1.165) is 6.07 Å². The number of nitro groups is 1. The Morgan fingerprint density at radius 2 is 2.05 bits per heavy atom. The van der Waals surface area contributed by atoms with Crippen LogP contribution in [0, 0.1) is 10.1 Å². The predicted molar refractivity (Wildman–Crippen MR) is 78.4 cm³/mol. The Balaban J connectivity index is 2.59. The van der Waals surface area contributed by atoms with Crippen LogP contribution in [0.2, 0.25) is 5.02 Å². The Hall–Kier alpha value is -1.92. The molecular weight excluding hydrogens is 319 g/mol. The van der Waals surface area contributed by atoms with Gasteiger partial charge >= 0.3 is 0 Å². The van der Waals surface area contributed by atoms with Gasteiger partial charge in [-0.2, -0.15) is 0 Å². The zero-order chi connectivity index (χ0) is 15.6. The molecule has 1 aromatic carbocycles. The maximum atomic E-state index is 12.6. The van der Waals surface area contributed by atoms with Crippen molar-refractivity contribution in [1.29, 1.82) is 0 Å². The maximum Gasteiger partial charge on any atom is 0.280 e. The van der Waals surface area contributed by atoms with Crippen LogP contribution >= 0.6 is 23.2 Å². The van der Waals surface area contributed by atoms with Gasteiger partial charge in [0.05, 0.1) is 16.2 Å². The number of ketones is 1. The van der Waals surface area contributed by atoms with Crippen molar-refractivity contribution in [2.75, 3.05) is 0 Å². The highest BCUT2D eigenvalue weighted by Gasteiger charge is 2.30. The molecule has 2 rings (SSSR count). The molecule has 0 amide bonds. The number of halogens is 2. The third kappa shape index (κ3) is 3.06. The number of Topliss-reactive ketones (excluding diaryl/α,β-unsaturated/α-hetero) is 1. The zero-order valence-electron chi connectivity index (χ0n) is 10.7. The molecule has 0 aromatic heterocycles. The van der Waals surface area contributed by atoms with E-state index in [9.17, 15) is 14.9 Å². The summed E-state index contributed by atoms with van der Waals surface area (Å²) in [6.07, 6.45) is 1.48. The van der Waals surface area contributed by atoms with Gasteiger partial charge < -0.3 is 5.21 Å². The normalized spacial score (nSPS) is 17.1. The van der Waals surface area contributed by atoms with E-state index >= 15 is 0 Å². The summed E-state index contributed by atoms with van der Waals surface area (Å²) < 4.78 is 0. The van der Waals surface area contributed by atoms with Crippen LogP contribution in [0.1, 0.15) is 29.6 Å². The number of nitrogens with zero attached hydrogens (tertiary/aromatic N) is 2. The van der Waals surface area contributed by atoms with Gasteiger partial charge in [-0.1, -0.05) is 28.4 Å². The molecule has 0 fully saturated rings. The van der Waals surface area contributed by atoms with Gasteiger partial charge in [0.2, 0.25) is 5.78 Å². The molecule has 0 heterocycles. The van der Waals surface area contributed by atoms with Gasteiger partial charge in [-0.3, -0.25) is 14.9 Å². The second kappa shape index (κ2) is 6.24. The lowest BCUT2D eigenvalue weighted by Gasteiger charge is -2.16. The van der Waals surface area contributed by atoms with Gasteiger partial charge in [0.25, 0.3) is 5.69 Å². The van der Waals surface area contributed by atoms with E-state index in [0.29, 0.717) is 19.3 Å². The van der Waals surface area contributed by atoms with E-state index in [4.69, 9.17) is 28.4 Å². The van der Waals surface area contributed by atoms with Gasteiger partial charge in [-0.15, -0.1) is 0 Å². The highest BCUT2D eigenvalue weighted by molar-refractivity contribution is 6.40. The Morgan fingerprint density at radius 1 is 1.33 bits per heavy atom. The number of hydrogen-bond donors (Lipinski definition) is 1. The molecule has 0 radical (unpaired) electrons. The average molecular weight is 329 g/mol. The molecule has 1 N–H and O–H groups in total.